The van der Waals surface area contributed by atoms with E-state index in [-0.39, 0.29) is 0 Å². The highest BCUT2D eigenvalue weighted by Gasteiger charge is 2.31. The van der Waals surface area contributed by atoms with E-state index in [1.807, 2.05) is 0 Å². The van der Waals surface area contributed by atoms with Crippen molar-refractivity contribution < 1.29 is 8.42 Å². The Morgan fingerprint density at radius 1 is 1.62 bits per heavy atom. The van der Waals surface area contributed by atoms with Gasteiger partial charge in [-0.05, 0) is 25.7 Å². The largest absolute Gasteiger partial charge is 0.229 e. The second kappa shape index (κ2) is 3.64. The lowest BCUT2D eigenvalue weighted by molar-refractivity contribution is 0.450. The Morgan fingerprint density at radius 3 is 2.54 bits per heavy atom. The molecular weight excluding hydrogens is 188 g/mol. The van der Waals surface area contributed by atoms with Crippen molar-refractivity contribution in [3.05, 3.63) is 0 Å². The van der Waals surface area contributed by atoms with Crippen LogP contribution >= 0.6 is 0 Å². The zero-order valence-corrected chi connectivity index (χ0v) is 8.71. The van der Waals surface area contributed by atoms with Crippen LogP contribution in [-0.4, -0.2) is 31.6 Å². The number of hydrogen-bond acceptors (Lipinski definition) is 3. The summed E-state index contributed by atoms with van der Waals surface area (Å²) >= 11 is 0. The number of nitriles is 1. The van der Waals surface area contributed by atoms with E-state index in [1.165, 1.54) is 11.2 Å². The highest BCUT2D eigenvalue weighted by Crippen LogP contribution is 2.30. The summed E-state index contributed by atoms with van der Waals surface area (Å²) in [6.45, 7) is 1.98. The van der Waals surface area contributed by atoms with Crippen LogP contribution in [-0.2, 0) is 10.0 Å². The molecule has 0 saturated heterocycles. The van der Waals surface area contributed by atoms with Gasteiger partial charge in [-0.15, -0.1) is 0 Å². The molecule has 0 N–H and O–H groups in total. The first-order valence-corrected chi connectivity index (χ1v) is 5.83. The predicted octanol–water partition coefficient (Wildman–Crippen LogP) is 0.570. The third-order valence-electron chi connectivity index (χ3n) is 2.28. The molecule has 1 fully saturated rings. The fourth-order valence-electron chi connectivity index (χ4n) is 1.10. The van der Waals surface area contributed by atoms with Crippen LogP contribution in [0.15, 0.2) is 0 Å². The minimum Gasteiger partial charge on any atom is -0.211 e. The lowest BCUT2D eigenvalue weighted by Crippen LogP contribution is -2.35. The van der Waals surface area contributed by atoms with Gasteiger partial charge in [-0.25, -0.2) is 12.7 Å². The average molecular weight is 202 g/mol. The van der Waals surface area contributed by atoms with E-state index in [2.05, 4.69) is 0 Å². The Kier molecular flexibility index (Phi) is 2.94. The predicted molar refractivity (Wildman–Crippen MR) is 49.3 cm³/mol. The highest BCUT2D eigenvalue weighted by molar-refractivity contribution is 7.89. The standard InChI is InChI=1S/C8H14N2O2S/c1-7(5-9)13(11,12)10(2)6-8-3-4-8/h7-8H,3-4,6H2,1-2H3. The average Bonchev–Trinajstić information content (AvgIpc) is 2.86. The normalized spacial score (nSPS) is 19.8. The van der Waals surface area contributed by atoms with Crippen LogP contribution in [0, 0.1) is 17.2 Å². The van der Waals surface area contributed by atoms with Crippen molar-refractivity contribution in [1.29, 1.82) is 5.26 Å². The molecule has 1 saturated carbocycles. The van der Waals surface area contributed by atoms with Crippen molar-refractivity contribution in [2.24, 2.45) is 5.92 Å². The molecule has 0 aromatic heterocycles. The summed E-state index contributed by atoms with van der Waals surface area (Å²) in [6.07, 6.45) is 2.22. The van der Waals surface area contributed by atoms with E-state index in [9.17, 15) is 8.42 Å². The first kappa shape index (κ1) is 10.5. The van der Waals surface area contributed by atoms with Crippen LogP contribution in [0.3, 0.4) is 0 Å². The molecule has 4 nitrogen and oxygen atoms in total. The summed E-state index contributed by atoms with van der Waals surface area (Å²) in [4.78, 5) is 0. The molecule has 0 aromatic carbocycles. The van der Waals surface area contributed by atoms with E-state index in [0.717, 1.165) is 12.8 Å². The van der Waals surface area contributed by atoms with Gasteiger partial charge < -0.3 is 0 Å². The van der Waals surface area contributed by atoms with E-state index in [1.54, 1.807) is 13.1 Å². The van der Waals surface area contributed by atoms with Crippen LogP contribution in [0.2, 0.25) is 0 Å². The van der Waals surface area contributed by atoms with Crippen LogP contribution < -0.4 is 0 Å². The van der Waals surface area contributed by atoms with Crippen molar-refractivity contribution in [3.8, 4) is 6.07 Å². The highest BCUT2D eigenvalue weighted by atomic mass is 32.2. The van der Waals surface area contributed by atoms with Gasteiger partial charge in [0.05, 0.1) is 6.07 Å². The molecule has 74 valence electrons. The number of rotatable bonds is 4. The van der Waals surface area contributed by atoms with Crippen LogP contribution in [0.1, 0.15) is 19.8 Å². The lowest BCUT2D eigenvalue weighted by Gasteiger charge is -2.17. The van der Waals surface area contributed by atoms with Gasteiger partial charge in [0.15, 0.2) is 5.25 Å². The molecule has 1 rings (SSSR count). The molecular formula is C8H14N2O2S. The molecule has 1 unspecified atom stereocenters. The van der Waals surface area contributed by atoms with E-state index < -0.39 is 15.3 Å². The van der Waals surface area contributed by atoms with Crippen LogP contribution in [0.25, 0.3) is 0 Å². The number of sulfonamides is 1. The minimum absolute atomic E-state index is 0.519. The monoisotopic (exact) mass is 202 g/mol. The maximum Gasteiger partial charge on any atom is 0.229 e. The second-order valence-corrected chi connectivity index (χ2v) is 5.90. The molecule has 0 spiro atoms. The van der Waals surface area contributed by atoms with Gasteiger partial charge in [-0.1, -0.05) is 0 Å². The molecule has 0 amide bonds. The van der Waals surface area contributed by atoms with Gasteiger partial charge in [0.2, 0.25) is 10.0 Å². The van der Waals surface area contributed by atoms with E-state index in [0.29, 0.717) is 12.5 Å². The summed E-state index contributed by atoms with van der Waals surface area (Å²) in [5, 5.41) is 7.58. The molecule has 5 heteroatoms. The minimum atomic E-state index is -3.37. The smallest absolute Gasteiger partial charge is 0.211 e. The van der Waals surface area contributed by atoms with Crippen molar-refractivity contribution in [2.75, 3.05) is 13.6 Å². The Balaban J connectivity index is 2.62. The fraction of sp³-hybridized carbons (Fsp3) is 0.875. The molecule has 0 aliphatic heterocycles. The molecule has 0 radical (unpaired) electrons. The maximum absolute atomic E-state index is 11.5. The number of nitrogens with zero attached hydrogens (tertiary/aromatic N) is 2. The molecule has 1 atom stereocenters. The Morgan fingerprint density at radius 2 is 2.15 bits per heavy atom. The first-order valence-electron chi connectivity index (χ1n) is 4.33. The van der Waals surface area contributed by atoms with Gasteiger partial charge in [0.25, 0.3) is 0 Å². The first-order chi connectivity index (χ1) is 5.98. The molecule has 0 bridgehead atoms. The Hall–Kier alpha value is -0.600. The van der Waals surface area contributed by atoms with Crippen molar-refractivity contribution in [2.45, 2.75) is 25.0 Å². The van der Waals surface area contributed by atoms with E-state index in [4.69, 9.17) is 5.26 Å². The van der Waals surface area contributed by atoms with Gasteiger partial charge in [0, 0.05) is 13.6 Å². The van der Waals surface area contributed by atoms with Crippen molar-refractivity contribution in [1.82, 2.24) is 4.31 Å². The van der Waals surface area contributed by atoms with Gasteiger partial charge in [0.1, 0.15) is 0 Å². The van der Waals surface area contributed by atoms with Gasteiger partial charge in [-0.3, -0.25) is 0 Å². The third kappa shape index (κ3) is 2.42. The summed E-state index contributed by atoms with van der Waals surface area (Å²) < 4.78 is 24.4. The SMILES string of the molecule is CC(C#N)S(=O)(=O)N(C)CC1CC1. The fourth-order valence-corrected chi connectivity index (χ4v) is 2.20. The van der Waals surface area contributed by atoms with Crippen molar-refractivity contribution >= 4 is 10.0 Å². The van der Waals surface area contributed by atoms with Crippen LogP contribution in [0.4, 0.5) is 0 Å². The molecule has 0 aromatic rings. The molecule has 13 heavy (non-hydrogen) atoms. The van der Waals surface area contributed by atoms with Crippen molar-refractivity contribution in [3.63, 3.8) is 0 Å². The Bertz CT molecular complexity index is 314. The van der Waals surface area contributed by atoms with Crippen LogP contribution in [0.5, 0.6) is 0 Å². The summed E-state index contributed by atoms with van der Waals surface area (Å²) in [6, 6.07) is 1.75. The molecule has 0 heterocycles. The molecule has 1 aliphatic carbocycles. The van der Waals surface area contributed by atoms with Gasteiger partial charge >= 0.3 is 0 Å². The lowest BCUT2D eigenvalue weighted by atomic mass is 10.4. The zero-order chi connectivity index (χ0) is 10.1. The Labute approximate surface area is 79.2 Å². The third-order valence-corrected chi connectivity index (χ3v) is 4.29. The second-order valence-electron chi connectivity index (χ2n) is 3.54. The maximum atomic E-state index is 11.5. The number of hydrogen-bond donors (Lipinski definition) is 0. The quantitative estimate of drug-likeness (QED) is 0.669. The molecule has 1 aliphatic rings. The summed E-state index contributed by atoms with van der Waals surface area (Å²) in [5.74, 6) is 0.519. The van der Waals surface area contributed by atoms with E-state index >= 15 is 0 Å². The summed E-state index contributed by atoms with van der Waals surface area (Å²) in [7, 11) is -1.83. The van der Waals surface area contributed by atoms with Gasteiger partial charge in [-0.2, -0.15) is 5.26 Å². The summed E-state index contributed by atoms with van der Waals surface area (Å²) in [5.41, 5.74) is 0. The topological polar surface area (TPSA) is 61.2 Å². The zero-order valence-electron chi connectivity index (χ0n) is 7.90.